The number of amides is 2. The minimum atomic E-state index is 0.101. The molecule has 20 heavy (non-hydrogen) atoms. The number of urea groups is 1. The minimum Gasteiger partial charge on any atom is -0.319 e. The molecule has 3 nitrogen and oxygen atoms in total. The van der Waals surface area contributed by atoms with Crippen molar-refractivity contribution in [1.82, 2.24) is 4.90 Å². The van der Waals surface area contributed by atoms with E-state index in [-0.39, 0.29) is 18.1 Å². The van der Waals surface area contributed by atoms with Gasteiger partial charge in [-0.3, -0.25) is 4.90 Å². The lowest BCUT2D eigenvalue weighted by Crippen LogP contribution is -2.36. The SMILES string of the molecule is CC(C)N1CC(c2cccs2)N(c2ccccc2)C1=O. The van der Waals surface area contributed by atoms with Crippen molar-refractivity contribution in [1.29, 1.82) is 0 Å². The van der Waals surface area contributed by atoms with Crippen molar-refractivity contribution >= 4 is 23.1 Å². The molecule has 0 aliphatic carbocycles. The van der Waals surface area contributed by atoms with Gasteiger partial charge in [0, 0.05) is 23.2 Å². The van der Waals surface area contributed by atoms with E-state index in [1.165, 1.54) is 4.88 Å². The van der Waals surface area contributed by atoms with Crippen LogP contribution in [-0.4, -0.2) is 23.5 Å². The molecule has 3 rings (SSSR count). The number of hydrogen-bond acceptors (Lipinski definition) is 2. The maximum atomic E-state index is 12.7. The standard InChI is InChI=1S/C16H18N2OS/c1-12(2)17-11-14(15-9-6-10-20-15)18(16(17)19)13-7-4-3-5-8-13/h3-10,12,14H,11H2,1-2H3. The van der Waals surface area contributed by atoms with Crippen LogP contribution in [0.15, 0.2) is 47.8 Å². The van der Waals surface area contributed by atoms with Gasteiger partial charge in [0.2, 0.25) is 0 Å². The summed E-state index contributed by atoms with van der Waals surface area (Å²) in [5, 5.41) is 2.07. The zero-order valence-corrected chi connectivity index (χ0v) is 12.5. The van der Waals surface area contributed by atoms with E-state index in [1.807, 2.05) is 46.2 Å². The van der Waals surface area contributed by atoms with Crippen LogP contribution in [0.3, 0.4) is 0 Å². The number of nitrogens with zero attached hydrogens (tertiary/aromatic N) is 2. The summed E-state index contributed by atoms with van der Waals surface area (Å²) in [6.45, 7) is 4.89. The van der Waals surface area contributed by atoms with Gasteiger partial charge in [0.15, 0.2) is 0 Å². The van der Waals surface area contributed by atoms with Crippen LogP contribution in [-0.2, 0) is 0 Å². The Morgan fingerprint density at radius 1 is 1.15 bits per heavy atom. The topological polar surface area (TPSA) is 23.6 Å². The average molecular weight is 286 g/mol. The molecule has 4 heteroatoms. The van der Waals surface area contributed by atoms with E-state index in [0.29, 0.717) is 0 Å². The van der Waals surface area contributed by atoms with Crippen molar-refractivity contribution in [3.63, 3.8) is 0 Å². The van der Waals surface area contributed by atoms with E-state index in [0.717, 1.165) is 12.2 Å². The van der Waals surface area contributed by atoms with E-state index in [9.17, 15) is 4.79 Å². The molecule has 1 aromatic carbocycles. The monoisotopic (exact) mass is 286 g/mol. The van der Waals surface area contributed by atoms with Crippen molar-refractivity contribution in [3.05, 3.63) is 52.7 Å². The fraction of sp³-hybridized carbons (Fsp3) is 0.312. The zero-order chi connectivity index (χ0) is 14.1. The molecule has 1 fully saturated rings. The van der Waals surface area contributed by atoms with E-state index < -0.39 is 0 Å². The Labute approximate surface area is 123 Å². The lowest BCUT2D eigenvalue weighted by Gasteiger charge is -2.23. The minimum absolute atomic E-state index is 0.101. The fourth-order valence-electron chi connectivity index (χ4n) is 2.63. The van der Waals surface area contributed by atoms with Crippen molar-refractivity contribution < 1.29 is 4.79 Å². The van der Waals surface area contributed by atoms with Crippen LogP contribution >= 0.6 is 11.3 Å². The van der Waals surface area contributed by atoms with Gasteiger partial charge in [0.25, 0.3) is 0 Å². The highest BCUT2D eigenvalue weighted by atomic mass is 32.1. The van der Waals surface area contributed by atoms with E-state index in [4.69, 9.17) is 0 Å². The Hall–Kier alpha value is -1.81. The Morgan fingerprint density at radius 2 is 1.90 bits per heavy atom. The van der Waals surface area contributed by atoms with Gasteiger partial charge in [0.1, 0.15) is 0 Å². The maximum absolute atomic E-state index is 12.7. The van der Waals surface area contributed by atoms with Crippen LogP contribution in [0.5, 0.6) is 0 Å². The second-order valence-corrected chi connectivity index (χ2v) is 6.24. The largest absolute Gasteiger partial charge is 0.325 e. The Kier molecular flexibility index (Phi) is 3.49. The highest BCUT2D eigenvalue weighted by Gasteiger charge is 2.40. The smallest absolute Gasteiger partial charge is 0.319 e. The normalized spacial score (nSPS) is 19.1. The van der Waals surface area contributed by atoms with Crippen molar-refractivity contribution in [2.24, 2.45) is 0 Å². The Bertz CT molecular complexity index is 580. The first kappa shape index (κ1) is 13.2. The average Bonchev–Trinajstić information content (AvgIpc) is 3.06. The molecule has 0 N–H and O–H groups in total. The quantitative estimate of drug-likeness (QED) is 0.832. The van der Waals surface area contributed by atoms with Crippen LogP contribution in [0.1, 0.15) is 24.8 Å². The summed E-state index contributed by atoms with van der Waals surface area (Å²) in [6.07, 6.45) is 0. The summed E-state index contributed by atoms with van der Waals surface area (Å²) in [5.74, 6) is 0. The first-order chi connectivity index (χ1) is 9.68. The lowest BCUT2D eigenvalue weighted by atomic mass is 10.2. The molecule has 0 spiro atoms. The summed E-state index contributed by atoms with van der Waals surface area (Å²) in [5.41, 5.74) is 0.971. The van der Waals surface area contributed by atoms with Crippen LogP contribution in [0.25, 0.3) is 0 Å². The second kappa shape index (κ2) is 5.29. The predicted molar refractivity (Wildman–Crippen MR) is 83.2 cm³/mol. The number of thiophene rings is 1. The molecule has 2 aromatic rings. The molecule has 1 unspecified atom stereocenters. The molecule has 1 aliphatic rings. The summed E-state index contributed by atoms with van der Waals surface area (Å²) in [7, 11) is 0. The number of benzene rings is 1. The maximum Gasteiger partial charge on any atom is 0.325 e. The molecule has 1 aromatic heterocycles. The molecule has 1 atom stereocenters. The fourth-order valence-corrected chi connectivity index (χ4v) is 3.43. The molecule has 2 heterocycles. The van der Waals surface area contributed by atoms with Gasteiger partial charge in [-0.25, -0.2) is 4.79 Å². The first-order valence-electron chi connectivity index (χ1n) is 6.87. The first-order valence-corrected chi connectivity index (χ1v) is 7.74. The van der Waals surface area contributed by atoms with Gasteiger partial charge >= 0.3 is 6.03 Å². The number of hydrogen-bond donors (Lipinski definition) is 0. The molecular formula is C16H18N2OS. The third-order valence-electron chi connectivity index (χ3n) is 3.66. The van der Waals surface area contributed by atoms with Crippen LogP contribution in [0.2, 0.25) is 0 Å². The highest BCUT2D eigenvalue weighted by Crippen LogP contribution is 2.36. The summed E-state index contributed by atoms with van der Waals surface area (Å²) >= 11 is 1.71. The van der Waals surface area contributed by atoms with Gasteiger partial charge in [-0.15, -0.1) is 11.3 Å². The summed E-state index contributed by atoms with van der Waals surface area (Å²) in [4.78, 5) is 17.8. The van der Waals surface area contributed by atoms with Crippen LogP contribution in [0.4, 0.5) is 10.5 Å². The third-order valence-corrected chi connectivity index (χ3v) is 4.64. The Balaban J connectivity index is 2.01. The summed E-state index contributed by atoms with van der Waals surface area (Å²) in [6, 6.07) is 14.5. The molecule has 1 aliphatic heterocycles. The summed E-state index contributed by atoms with van der Waals surface area (Å²) < 4.78 is 0. The number of rotatable bonds is 3. The zero-order valence-electron chi connectivity index (χ0n) is 11.7. The lowest BCUT2D eigenvalue weighted by molar-refractivity contribution is 0.208. The molecule has 0 radical (unpaired) electrons. The van der Waals surface area contributed by atoms with E-state index in [2.05, 4.69) is 25.3 Å². The number of carbonyl (C=O) groups excluding carboxylic acids is 1. The molecule has 0 saturated carbocycles. The van der Waals surface area contributed by atoms with E-state index in [1.54, 1.807) is 11.3 Å². The number of anilines is 1. The van der Waals surface area contributed by atoms with Gasteiger partial charge in [0.05, 0.1) is 6.04 Å². The number of carbonyl (C=O) groups is 1. The third kappa shape index (κ3) is 2.20. The Morgan fingerprint density at radius 3 is 2.50 bits per heavy atom. The second-order valence-electron chi connectivity index (χ2n) is 5.27. The van der Waals surface area contributed by atoms with Gasteiger partial charge < -0.3 is 4.90 Å². The molecule has 2 amide bonds. The highest BCUT2D eigenvalue weighted by molar-refractivity contribution is 7.10. The molecule has 1 saturated heterocycles. The predicted octanol–water partition coefficient (Wildman–Crippen LogP) is 4.14. The van der Waals surface area contributed by atoms with Crippen molar-refractivity contribution in [2.45, 2.75) is 25.9 Å². The van der Waals surface area contributed by atoms with Crippen molar-refractivity contribution in [2.75, 3.05) is 11.4 Å². The van der Waals surface area contributed by atoms with Crippen LogP contribution < -0.4 is 4.90 Å². The van der Waals surface area contributed by atoms with Crippen molar-refractivity contribution in [3.8, 4) is 0 Å². The molecular weight excluding hydrogens is 268 g/mol. The molecule has 0 bridgehead atoms. The molecule has 104 valence electrons. The van der Waals surface area contributed by atoms with Crippen LogP contribution in [0, 0.1) is 0 Å². The van der Waals surface area contributed by atoms with Gasteiger partial charge in [-0.05, 0) is 37.4 Å². The number of para-hydroxylation sites is 1. The van der Waals surface area contributed by atoms with Gasteiger partial charge in [-0.1, -0.05) is 24.3 Å². The van der Waals surface area contributed by atoms with Gasteiger partial charge in [-0.2, -0.15) is 0 Å². The van der Waals surface area contributed by atoms with E-state index >= 15 is 0 Å².